The summed E-state index contributed by atoms with van der Waals surface area (Å²) < 4.78 is 7.36. The summed E-state index contributed by atoms with van der Waals surface area (Å²) in [5.41, 5.74) is 3.72. The standard InChI is InChI=1S/C21H25N3O2S/c25-20(15-1-2-15)24-11-7-17(8-12-24)26-21-23-18-4-3-16(13-19(18)27-21)14-5-9-22-10-6-14/h3-5,13,15,17,22H,1-2,6-12H2. The monoisotopic (exact) mass is 383 g/mol. The molecule has 6 heteroatoms. The molecule has 3 aliphatic rings. The Hall–Kier alpha value is -1.92. The predicted molar refractivity (Wildman–Crippen MR) is 108 cm³/mol. The number of benzene rings is 1. The average Bonchev–Trinajstić information content (AvgIpc) is 3.48. The fourth-order valence-electron chi connectivity index (χ4n) is 3.96. The summed E-state index contributed by atoms with van der Waals surface area (Å²) in [6, 6.07) is 6.52. The number of amides is 1. The Morgan fingerprint density at radius 2 is 2.07 bits per heavy atom. The van der Waals surface area contributed by atoms with Gasteiger partial charge in [0.15, 0.2) is 0 Å². The van der Waals surface area contributed by atoms with Crippen LogP contribution in [-0.2, 0) is 4.79 Å². The molecule has 2 fully saturated rings. The normalized spacial score (nSPS) is 21.3. The van der Waals surface area contributed by atoms with Crippen molar-refractivity contribution in [1.82, 2.24) is 15.2 Å². The van der Waals surface area contributed by atoms with Crippen molar-refractivity contribution < 1.29 is 9.53 Å². The van der Waals surface area contributed by atoms with Gasteiger partial charge in [0.1, 0.15) is 6.10 Å². The van der Waals surface area contributed by atoms with Crippen LogP contribution >= 0.6 is 11.3 Å². The Balaban J connectivity index is 1.24. The number of carbonyl (C=O) groups excluding carboxylic acids is 1. The van der Waals surface area contributed by atoms with Gasteiger partial charge >= 0.3 is 0 Å². The van der Waals surface area contributed by atoms with E-state index in [0.29, 0.717) is 11.8 Å². The predicted octanol–water partition coefficient (Wildman–Crippen LogP) is 3.45. The highest BCUT2D eigenvalue weighted by atomic mass is 32.1. The number of thiazole rings is 1. The highest BCUT2D eigenvalue weighted by molar-refractivity contribution is 7.20. The maximum atomic E-state index is 12.2. The van der Waals surface area contributed by atoms with Gasteiger partial charge in [-0.15, -0.1) is 0 Å². The molecule has 0 atom stereocenters. The highest BCUT2D eigenvalue weighted by Crippen LogP contribution is 2.34. The van der Waals surface area contributed by atoms with Crippen LogP contribution in [0, 0.1) is 5.92 Å². The number of ether oxygens (including phenoxy) is 1. The number of nitrogens with one attached hydrogen (secondary N) is 1. The van der Waals surface area contributed by atoms with E-state index >= 15 is 0 Å². The zero-order valence-electron chi connectivity index (χ0n) is 15.4. The van der Waals surface area contributed by atoms with Crippen molar-refractivity contribution in [3.63, 3.8) is 0 Å². The second-order valence-electron chi connectivity index (χ2n) is 7.76. The summed E-state index contributed by atoms with van der Waals surface area (Å²) in [4.78, 5) is 18.9. The van der Waals surface area contributed by atoms with E-state index in [2.05, 4.69) is 34.6 Å². The number of rotatable bonds is 4. The summed E-state index contributed by atoms with van der Waals surface area (Å²) in [7, 11) is 0. The zero-order chi connectivity index (χ0) is 18.2. The molecule has 1 saturated carbocycles. The minimum Gasteiger partial charge on any atom is -0.467 e. The number of hydrogen-bond acceptors (Lipinski definition) is 5. The van der Waals surface area contributed by atoms with Crippen molar-refractivity contribution >= 4 is 33.0 Å². The summed E-state index contributed by atoms with van der Waals surface area (Å²) in [5, 5.41) is 4.12. The first-order chi connectivity index (χ1) is 13.3. The molecule has 142 valence electrons. The third-order valence-electron chi connectivity index (χ3n) is 5.75. The number of hydrogen-bond donors (Lipinski definition) is 1. The maximum Gasteiger partial charge on any atom is 0.274 e. The second-order valence-corrected chi connectivity index (χ2v) is 8.76. The van der Waals surface area contributed by atoms with Crippen LogP contribution in [0.3, 0.4) is 0 Å². The van der Waals surface area contributed by atoms with Crippen LogP contribution in [0.5, 0.6) is 5.19 Å². The molecule has 1 amide bonds. The Morgan fingerprint density at radius 3 is 2.81 bits per heavy atom. The quantitative estimate of drug-likeness (QED) is 0.879. The van der Waals surface area contributed by atoms with Gasteiger partial charge in [0.2, 0.25) is 5.91 Å². The van der Waals surface area contributed by atoms with E-state index in [1.54, 1.807) is 11.3 Å². The molecule has 2 aliphatic heterocycles. The van der Waals surface area contributed by atoms with Crippen molar-refractivity contribution in [1.29, 1.82) is 0 Å². The van der Waals surface area contributed by atoms with Crippen molar-refractivity contribution in [3.05, 3.63) is 29.8 Å². The topological polar surface area (TPSA) is 54.5 Å². The first-order valence-corrected chi connectivity index (χ1v) is 10.8. The Bertz CT molecular complexity index is 879. The summed E-state index contributed by atoms with van der Waals surface area (Å²) in [5.74, 6) is 0.671. The lowest BCUT2D eigenvalue weighted by Gasteiger charge is -2.31. The maximum absolute atomic E-state index is 12.2. The minimum absolute atomic E-state index is 0.167. The molecule has 0 spiro atoms. The molecule has 3 heterocycles. The molecule has 5 rings (SSSR count). The Morgan fingerprint density at radius 1 is 1.22 bits per heavy atom. The summed E-state index contributed by atoms with van der Waals surface area (Å²) in [6.07, 6.45) is 7.48. The van der Waals surface area contributed by atoms with Crippen molar-refractivity contribution in [2.75, 3.05) is 26.2 Å². The van der Waals surface area contributed by atoms with E-state index in [1.807, 2.05) is 4.90 Å². The first-order valence-electron chi connectivity index (χ1n) is 10.0. The number of nitrogens with zero attached hydrogens (tertiary/aromatic N) is 2. The van der Waals surface area contributed by atoms with Crippen molar-refractivity contribution in [2.45, 2.75) is 38.2 Å². The van der Waals surface area contributed by atoms with Crippen LogP contribution in [0.1, 0.15) is 37.7 Å². The molecule has 1 aromatic heterocycles. The Labute approximate surface area is 163 Å². The average molecular weight is 384 g/mol. The van der Waals surface area contributed by atoms with Crippen LogP contribution in [0.4, 0.5) is 0 Å². The molecule has 0 radical (unpaired) electrons. The smallest absolute Gasteiger partial charge is 0.274 e. The largest absolute Gasteiger partial charge is 0.467 e. The van der Waals surface area contributed by atoms with Crippen molar-refractivity contribution in [3.8, 4) is 5.19 Å². The Kier molecular flexibility index (Phi) is 4.61. The molecule has 5 nitrogen and oxygen atoms in total. The van der Waals surface area contributed by atoms with Crippen molar-refractivity contribution in [2.24, 2.45) is 5.92 Å². The lowest BCUT2D eigenvalue weighted by atomic mass is 10.0. The molecule has 1 aliphatic carbocycles. The SMILES string of the molecule is O=C(C1CC1)N1CCC(Oc2nc3ccc(C4=CCNCC4)cc3s2)CC1. The van der Waals surface area contributed by atoms with E-state index in [0.717, 1.165) is 69.0 Å². The fourth-order valence-corrected chi connectivity index (χ4v) is 4.88. The molecule has 0 unspecified atom stereocenters. The number of likely N-dealkylation sites (tertiary alicyclic amines) is 1. The van der Waals surface area contributed by atoms with E-state index in [-0.39, 0.29) is 6.10 Å². The molecule has 1 N–H and O–H groups in total. The second kappa shape index (κ2) is 7.24. The van der Waals surface area contributed by atoms with Gasteiger partial charge in [0, 0.05) is 38.4 Å². The lowest BCUT2D eigenvalue weighted by molar-refractivity contribution is -0.134. The van der Waals surface area contributed by atoms with Gasteiger partial charge in [-0.25, -0.2) is 4.98 Å². The van der Waals surface area contributed by atoms with Gasteiger partial charge < -0.3 is 15.0 Å². The third kappa shape index (κ3) is 3.73. The minimum atomic E-state index is 0.167. The van der Waals surface area contributed by atoms with E-state index < -0.39 is 0 Å². The number of fused-ring (bicyclic) bond motifs is 1. The van der Waals surface area contributed by atoms with E-state index in [4.69, 9.17) is 4.74 Å². The molecular formula is C21H25N3O2S. The first kappa shape index (κ1) is 17.2. The summed E-state index contributed by atoms with van der Waals surface area (Å²) >= 11 is 1.63. The van der Waals surface area contributed by atoms with E-state index in [1.165, 1.54) is 15.8 Å². The number of aromatic nitrogens is 1. The highest BCUT2D eigenvalue weighted by Gasteiger charge is 2.35. The van der Waals surface area contributed by atoms with Gasteiger partial charge in [-0.2, -0.15) is 0 Å². The van der Waals surface area contributed by atoms with Crippen LogP contribution < -0.4 is 10.1 Å². The lowest BCUT2D eigenvalue weighted by Crippen LogP contribution is -2.42. The molecular weight excluding hydrogens is 358 g/mol. The number of piperidine rings is 1. The van der Waals surface area contributed by atoms with Gasteiger partial charge in [0.05, 0.1) is 10.2 Å². The fraction of sp³-hybridized carbons (Fsp3) is 0.524. The molecule has 1 aromatic carbocycles. The van der Waals surface area contributed by atoms with Gasteiger partial charge in [-0.1, -0.05) is 23.5 Å². The molecule has 1 saturated heterocycles. The summed E-state index contributed by atoms with van der Waals surface area (Å²) in [6.45, 7) is 3.63. The molecule has 0 bridgehead atoms. The van der Waals surface area contributed by atoms with Crippen LogP contribution in [0.2, 0.25) is 0 Å². The zero-order valence-corrected chi connectivity index (χ0v) is 16.3. The van der Waals surface area contributed by atoms with E-state index in [9.17, 15) is 4.79 Å². The number of carbonyl (C=O) groups is 1. The molecule has 2 aromatic rings. The van der Waals surface area contributed by atoms with Gasteiger partial charge in [-0.05, 0) is 49.1 Å². The third-order valence-corrected chi connectivity index (χ3v) is 6.66. The van der Waals surface area contributed by atoms with Crippen LogP contribution in [0.15, 0.2) is 24.3 Å². The van der Waals surface area contributed by atoms with Crippen LogP contribution in [-0.4, -0.2) is 48.1 Å². The van der Waals surface area contributed by atoms with Gasteiger partial charge in [0.25, 0.3) is 5.19 Å². The van der Waals surface area contributed by atoms with Crippen LogP contribution in [0.25, 0.3) is 15.8 Å². The molecule has 27 heavy (non-hydrogen) atoms. The van der Waals surface area contributed by atoms with Gasteiger partial charge in [-0.3, -0.25) is 4.79 Å².